The first-order valence-corrected chi connectivity index (χ1v) is 13.1. The number of hydrogen-bond donors (Lipinski definition) is 1. The van der Waals surface area contributed by atoms with Crippen molar-refractivity contribution in [2.24, 2.45) is 0 Å². The van der Waals surface area contributed by atoms with Crippen molar-refractivity contribution in [3.8, 4) is 11.5 Å². The molecule has 5 aromatic rings. The van der Waals surface area contributed by atoms with E-state index in [2.05, 4.69) is 42.4 Å². The van der Waals surface area contributed by atoms with Crippen LogP contribution in [-0.4, -0.2) is 63.1 Å². The Morgan fingerprint density at radius 2 is 1.68 bits per heavy atom. The number of aromatic nitrogens is 5. The summed E-state index contributed by atoms with van der Waals surface area (Å²) in [7, 11) is 0. The van der Waals surface area contributed by atoms with Gasteiger partial charge in [0.05, 0.1) is 12.1 Å². The lowest BCUT2D eigenvalue weighted by Crippen LogP contribution is -2.49. The van der Waals surface area contributed by atoms with Crippen molar-refractivity contribution in [3.05, 3.63) is 106 Å². The van der Waals surface area contributed by atoms with Crippen LogP contribution in [0.2, 0.25) is 0 Å². The highest BCUT2D eigenvalue weighted by Crippen LogP contribution is 2.36. The predicted molar refractivity (Wildman–Crippen MR) is 146 cm³/mol. The van der Waals surface area contributed by atoms with E-state index in [4.69, 9.17) is 9.47 Å². The van der Waals surface area contributed by atoms with Gasteiger partial charge >= 0.3 is 0 Å². The van der Waals surface area contributed by atoms with Crippen LogP contribution in [0.3, 0.4) is 0 Å². The van der Waals surface area contributed by atoms with E-state index >= 15 is 0 Å². The normalized spacial score (nSPS) is 16.0. The van der Waals surface area contributed by atoms with Crippen LogP contribution in [0, 0.1) is 5.82 Å². The largest absolute Gasteiger partial charge is 0.454 e. The van der Waals surface area contributed by atoms with Crippen molar-refractivity contribution in [2.75, 3.05) is 37.9 Å². The van der Waals surface area contributed by atoms with Crippen LogP contribution >= 0.6 is 0 Å². The molecule has 11 heteroatoms. The summed E-state index contributed by atoms with van der Waals surface area (Å²) in [4.78, 5) is 21.2. The predicted octanol–water partition coefficient (Wildman–Crippen LogP) is 3.34. The third-order valence-electron chi connectivity index (χ3n) is 7.51. The van der Waals surface area contributed by atoms with Crippen molar-refractivity contribution >= 4 is 16.6 Å². The minimum Gasteiger partial charge on any atom is -0.454 e. The van der Waals surface area contributed by atoms with Crippen molar-refractivity contribution in [1.82, 2.24) is 30.1 Å². The first-order valence-electron chi connectivity index (χ1n) is 13.1. The number of anilines is 1. The molecule has 0 unspecified atom stereocenters. The molecule has 0 amide bonds. The second-order valence-corrected chi connectivity index (χ2v) is 9.93. The summed E-state index contributed by atoms with van der Waals surface area (Å²) >= 11 is 0. The molecule has 0 saturated carbocycles. The van der Waals surface area contributed by atoms with Crippen LogP contribution in [0.25, 0.3) is 10.9 Å². The molecular formula is C29H26FN7O3. The van der Waals surface area contributed by atoms with Crippen molar-refractivity contribution in [2.45, 2.75) is 12.6 Å². The molecule has 3 aromatic carbocycles. The van der Waals surface area contributed by atoms with Gasteiger partial charge in [-0.2, -0.15) is 0 Å². The zero-order chi connectivity index (χ0) is 27.1. The van der Waals surface area contributed by atoms with Crippen LogP contribution in [0.4, 0.5) is 10.1 Å². The fraction of sp³-hybridized carbons (Fsp3) is 0.241. The fourth-order valence-electron chi connectivity index (χ4n) is 5.48. The number of nitrogens with zero attached hydrogens (tertiary/aromatic N) is 6. The summed E-state index contributed by atoms with van der Waals surface area (Å²) in [6.07, 6.45) is 0. The van der Waals surface area contributed by atoms with Crippen LogP contribution in [0.1, 0.15) is 23.0 Å². The molecule has 0 bridgehead atoms. The molecule has 0 spiro atoms. The lowest BCUT2D eigenvalue weighted by Gasteiger charge is -2.39. The molecule has 0 radical (unpaired) electrons. The summed E-state index contributed by atoms with van der Waals surface area (Å²) in [6, 6.07) is 21.6. The first kappa shape index (κ1) is 24.3. The minimum atomic E-state index is -0.507. The number of nitrogens with one attached hydrogen (secondary N) is 1. The van der Waals surface area contributed by atoms with Gasteiger partial charge in [0.2, 0.25) is 6.79 Å². The third kappa shape index (κ3) is 4.54. The van der Waals surface area contributed by atoms with Gasteiger partial charge in [-0.05, 0) is 52.4 Å². The summed E-state index contributed by atoms with van der Waals surface area (Å²) < 4.78 is 26.3. The van der Waals surface area contributed by atoms with Crippen molar-refractivity contribution < 1.29 is 13.9 Å². The van der Waals surface area contributed by atoms with Gasteiger partial charge in [0.25, 0.3) is 5.56 Å². The Morgan fingerprint density at radius 1 is 0.925 bits per heavy atom. The third-order valence-corrected chi connectivity index (χ3v) is 7.51. The second-order valence-electron chi connectivity index (χ2n) is 9.93. The molecule has 2 aliphatic heterocycles. The number of para-hydroxylation sites is 1. The van der Waals surface area contributed by atoms with Gasteiger partial charge in [-0.15, -0.1) is 5.10 Å². The second kappa shape index (κ2) is 10.1. The van der Waals surface area contributed by atoms with E-state index in [1.165, 1.54) is 17.8 Å². The van der Waals surface area contributed by atoms with E-state index in [0.29, 0.717) is 48.0 Å². The van der Waals surface area contributed by atoms with Crippen LogP contribution in [-0.2, 0) is 6.54 Å². The molecule has 1 fully saturated rings. The molecule has 0 aliphatic carbocycles. The average Bonchev–Trinajstić information content (AvgIpc) is 3.64. The molecule has 10 nitrogen and oxygen atoms in total. The molecule has 4 heterocycles. The monoisotopic (exact) mass is 539 g/mol. The molecule has 2 aliphatic rings. The summed E-state index contributed by atoms with van der Waals surface area (Å²) in [5.41, 5.74) is 2.99. The van der Waals surface area contributed by atoms with Gasteiger partial charge < -0.3 is 19.4 Å². The number of aromatic amines is 1. The van der Waals surface area contributed by atoms with E-state index in [-0.39, 0.29) is 18.2 Å². The minimum absolute atomic E-state index is 0.148. The topological polar surface area (TPSA) is 101 Å². The van der Waals surface area contributed by atoms with E-state index in [0.717, 1.165) is 24.0 Å². The quantitative estimate of drug-likeness (QED) is 0.351. The van der Waals surface area contributed by atoms with Gasteiger partial charge in [0.15, 0.2) is 17.3 Å². The number of ether oxygens (including phenoxy) is 2. The van der Waals surface area contributed by atoms with Gasteiger partial charge in [-0.25, -0.2) is 9.07 Å². The molecule has 7 rings (SSSR count). The Morgan fingerprint density at radius 3 is 2.45 bits per heavy atom. The van der Waals surface area contributed by atoms with Crippen LogP contribution < -0.4 is 19.9 Å². The van der Waals surface area contributed by atoms with Crippen molar-refractivity contribution in [1.29, 1.82) is 0 Å². The number of tetrazole rings is 1. The summed E-state index contributed by atoms with van der Waals surface area (Å²) in [5.74, 6) is 1.48. The number of halogens is 1. The van der Waals surface area contributed by atoms with E-state index < -0.39 is 6.04 Å². The Labute approximate surface area is 228 Å². The number of fused-ring (bicyclic) bond motifs is 2. The maximum Gasteiger partial charge on any atom is 0.253 e. The number of rotatable bonds is 6. The summed E-state index contributed by atoms with van der Waals surface area (Å²) in [6.45, 7) is 3.44. The van der Waals surface area contributed by atoms with E-state index in [1.807, 2.05) is 30.3 Å². The smallest absolute Gasteiger partial charge is 0.253 e. The molecule has 1 atom stereocenters. The molecule has 202 valence electrons. The number of H-pyrrole nitrogens is 1. The molecule has 1 N–H and O–H groups in total. The zero-order valence-electron chi connectivity index (χ0n) is 21.5. The zero-order valence-corrected chi connectivity index (χ0v) is 21.5. The summed E-state index contributed by atoms with van der Waals surface area (Å²) in [5, 5.41) is 13.5. The van der Waals surface area contributed by atoms with Gasteiger partial charge in [-0.3, -0.25) is 9.69 Å². The molecule has 40 heavy (non-hydrogen) atoms. The van der Waals surface area contributed by atoms with Gasteiger partial charge in [-0.1, -0.05) is 30.3 Å². The Balaban J connectivity index is 1.28. The molecule has 1 saturated heterocycles. The van der Waals surface area contributed by atoms with Crippen LogP contribution in [0.5, 0.6) is 11.5 Å². The Bertz CT molecular complexity index is 1710. The molecule has 2 aromatic heterocycles. The maximum atomic E-state index is 13.6. The highest BCUT2D eigenvalue weighted by atomic mass is 19.1. The average molecular weight is 540 g/mol. The number of pyridine rings is 1. The first-order chi connectivity index (χ1) is 19.6. The van der Waals surface area contributed by atoms with E-state index in [9.17, 15) is 9.18 Å². The van der Waals surface area contributed by atoms with Gasteiger partial charge in [0.1, 0.15) is 11.9 Å². The van der Waals surface area contributed by atoms with Gasteiger partial charge in [0, 0.05) is 48.9 Å². The number of piperazine rings is 1. The fourth-order valence-corrected chi connectivity index (χ4v) is 5.48. The highest BCUT2D eigenvalue weighted by molar-refractivity contribution is 5.83. The van der Waals surface area contributed by atoms with Crippen molar-refractivity contribution in [3.63, 3.8) is 0 Å². The molecular weight excluding hydrogens is 513 g/mol. The Kier molecular flexibility index (Phi) is 6.12. The Hall–Kier alpha value is -4.77. The highest BCUT2D eigenvalue weighted by Gasteiger charge is 2.33. The van der Waals surface area contributed by atoms with E-state index in [1.54, 1.807) is 22.9 Å². The lowest BCUT2D eigenvalue weighted by molar-refractivity contribution is 0.174. The standard InChI is InChI=1S/C29H26FN7O3/c30-21-8-6-19(7-9-21)17-37-28(32-33-34-37)27(36-12-10-35(11-13-36)22-4-2-1-3-5-22)23-14-20-15-25-26(40-18-39-25)16-24(20)31-29(23)38/h1-9,14-16,27H,10-13,17-18H2,(H,31,38)/t27-/m0/s1. The van der Waals surface area contributed by atoms with Crippen LogP contribution in [0.15, 0.2) is 77.6 Å². The number of hydrogen-bond acceptors (Lipinski definition) is 8. The number of benzene rings is 3. The SMILES string of the molecule is O=c1[nH]c2cc3c(cc2cc1[C@@H](c1nnnn1Cc1ccc(F)cc1)N1CCN(c2ccccc2)CC1)OCO3. The lowest BCUT2D eigenvalue weighted by atomic mass is 10.0. The maximum absolute atomic E-state index is 13.6.